The van der Waals surface area contributed by atoms with E-state index < -0.39 is 5.54 Å². The van der Waals surface area contributed by atoms with Gasteiger partial charge in [0.05, 0.1) is 6.54 Å². The Morgan fingerprint density at radius 2 is 2.00 bits per heavy atom. The van der Waals surface area contributed by atoms with Crippen LogP contribution in [0, 0.1) is 4.91 Å². The van der Waals surface area contributed by atoms with E-state index in [4.69, 9.17) is 0 Å². The predicted molar refractivity (Wildman–Crippen MR) is 60.8 cm³/mol. The van der Waals surface area contributed by atoms with E-state index in [1.807, 2.05) is 30.3 Å². The van der Waals surface area contributed by atoms with E-state index in [-0.39, 0.29) is 5.91 Å². The Labute approximate surface area is 94.2 Å². The molecule has 1 heterocycles. The smallest absolute Gasteiger partial charge is 0.222 e. The molecule has 84 valence electrons. The molecular weight excluding hydrogens is 204 g/mol. The molecule has 1 aromatic rings. The molecule has 1 aliphatic heterocycles. The molecule has 1 amide bonds. The Morgan fingerprint density at radius 1 is 1.31 bits per heavy atom. The minimum Gasteiger partial charge on any atom is -0.343 e. The lowest BCUT2D eigenvalue weighted by molar-refractivity contribution is -0.133. The van der Waals surface area contributed by atoms with E-state index in [9.17, 15) is 9.70 Å². The van der Waals surface area contributed by atoms with Crippen LogP contribution in [0.1, 0.15) is 18.4 Å². The van der Waals surface area contributed by atoms with Crippen molar-refractivity contribution in [2.24, 2.45) is 5.18 Å². The lowest BCUT2D eigenvalue weighted by Gasteiger charge is -2.36. The zero-order chi connectivity index (χ0) is 11.6. The van der Waals surface area contributed by atoms with Gasteiger partial charge in [0.1, 0.15) is 5.54 Å². The molecular formula is C12H14N2O2. The maximum atomic E-state index is 11.4. The standard InChI is InChI=1S/C12H14N2O2/c1-14-9-12(13-16,8-7-11(14)15)10-5-3-2-4-6-10/h2-6H,7-9H2,1H3. The Kier molecular flexibility index (Phi) is 2.73. The van der Waals surface area contributed by atoms with E-state index in [1.54, 1.807) is 11.9 Å². The average Bonchev–Trinajstić information content (AvgIpc) is 2.34. The van der Waals surface area contributed by atoms with Crippen LogP contribution in [0.25, 0.3) is 0 Å². The highest BCUT2D eigenvalue weighted by Crippen LogP contribution is 2.35. The molecule has 4 nitrogen and oxygen atoms in total. The number of rotatable bonds is 2. The first-order valence-corrected chi connectivity index (χ1v) is 5.32. The lowest BCUT2D eigenvalue weighted by atomic mass is 9.83. The summed E-state index contributed by atoms with van der Waals surface area (Å²) in [5.74, 6) is 0.0789. The molecule has 1 saturated heterocycles. The van der Waals surface area contributed by atoms with Crippen LogP contribution >= 0.6 is 0 Å². The normalized spacial score (nSPS) is 25.6. The number of piperidine rings is 1. The number of nitroso groups, excluding NO2 is 1. The van der Waals surface area contributed by atoms with Crippen LogP contribution in [0.4, 0.5) is 0 Å². The summed E-state index contributed by atoms with van der Waals surface area (Å²) in [4.78, 5) is 24.1. The zero-order valence-corrected chi connectivity index (χ0v) is 9.22. The van der Waals surface area contributed by atoms with Gasteiger partial charge in [0.2, 0.25) is 5.91 Å². The number of benzene rings is 1. The van der Waals surface area contributed by atoms with Crippen LogP contribution < -0.4 is 0 Å². The van der Waals surface area contributed by atoms with Gasteiger partial charge in [-0.1, -0.05) is 35.5 Å². The van der Waals surface area contributed by atoms with Gasteiger partial charge in [-0.3, -0.25) is 4.79 Å². The summed E-state index contributed by atoms with van der Waals surface area (Å²) in [5, 5.41) is 3.29. The van der Waals surface area contributed by atoms with Crippen molar-refractivity contribution in [1.82, 2.24) is 4.90 Å². The highest BCUT2D eigenvalue weighted by molar-refractivity contribution is 5.77. The van der Waals surface area contributed by atoms with Crippen LogP contribution in [0.2, 0.25) is 0 Å². The van der Waals surface area contributed by atoms with Crippen molar-refractivity contribution in [3.8, 4) is 0 Å². The van der Waals surface area contributed by atoms with Crippen molar-refractivity contribution in [3.05, 3.63) is 40.8 Å². The molecule has 1 atom stereocenters. The van der Waals surface area contributed by atoms with Crippen molar-refractivity contribution in [2.75, 3.05) is 13.6 Å². The minimum atomic E-state index is -0.760. The van der Waals surface area contributed by atoms with Gasteiger partial charge in [-0.2, -0.15) is 0 Å². The molecule has 0 N–H and O–H groups in total. The van der Waals surface area contributed by atoms with Crippen molar-refractivity contribution in [1.29, 1.82) is 0 Å². The number of hydrogen-bond donors (Lipinski definition) is 0. The fraction of sp³-hybridized carbons (Fsp3) is 0.417. The summed E-state index contributed by atoms with van der Waals surface area (Å²) in [6.45, 7) is 0.374. The quantitative estimate of drug-likeness (QED) is 0.712. The summed E-state index contributed by atoms with van der Waals surface area (Å²) >= 11 is 0. The van der Waals surface area contributed by atoms with Crippen molar-refractivity contribution < 1.29 is 4.79 Å². The molecule has 0 aromatic heterocycles. The monoisotopic (exact) mass is 218 g/mol. The maximum Gasteiger partial charge on any atom is 0.222 e. The van der Waals surface area contributed by atoms with Gasteiger partial charge in [-0.25, -0.2) is 0 Å². The van der Waals surface area contributed by atoms with Gasteiger partial charge in [-0.15, -0.1) is 4.91 Å². The van der Waals surface area contributed by atoms with Crippen molar-refractivity contribution in [3.63, 3.8) is 0 Å². The third-order valence-electron chi connectivity index (χ3n) is 3.16. The van der Waals surface area contributed by atoms with E-state index in [1.165, 1.54) is 0 Å². The number of carbonyl (C=O) groups is 1. The molecule has 1 fully saturated rings. The minimum absolute atomic E-state index is 0.0789. The van der Waals surface area contributed by atoms with Gasteiger partial charge in [-0.05, 0) is 12.0 Å². The molecule has 0 radical (unpaired) electrons. The molecule has 16 heavy (non-hydrogen) atoms. The largest absolute Gasteiger partial charge is 0.343 e. The number of hydrogen-bond acceptors (Lipinski definition) is 3. The number of nitrogens with zero attached hydrogens (tertiary/aromatic N) is 2. The zero-order valence-electron chi connectivity index (χ0n) is 9.22. The average molecular weight is 218 g/mol. The maximum absolute atomic E-state index is 11.4. The van der Waals surface area contributed by atoms with Crippen molar-refractivity contribution in [2.45, 2.75) is 18.4 Å². The number of likely N-dealkylation sites (tertiary alicyclic amines) is 1. The predicted octanol–water partition coefficient (Wildman–Crippen LogP) is 1.90. The molecule has 1 unspecified atom stereocenters. The van der Waals surface area contributed by atoms with Crippen LogP contribution in [0.3, 0.4) is 0 Å². The van der Waals surface area contributed by atoms with E-state index in [0.717, 1.165) is 5.56 Å². The highest BCUT2D eigenvalue weighted by atomic mass is 16.3. The topological polar surface area (TPSA) is 49.7 Å². The Bertz CT molecular complexity index is 405. The van der Waals surface area contributed by atoms with E-state index in [0.29, 0.717) is 19.4 Å². The van der Waals surface area contributed by atoms with Crippen LogP contribution in [-0.2, 0) is 10.3 Å². The summed E-state index contributed by atoms with van der Waals surface area (Å²) in [5.41, 5.74) is 0.133. The molecule has 4 heteroatoms. The van der Waals surface area contributed by atoms with Gasteiger partial charge in [0, 0.05) is 13.5 Å². The van der Waals surface area contributed by atoms with Gasteiger partial charge >= 0.3 is 0 Å². The lowest BCUT2D eigenvalue weighted by Crippen LogP contribution is -2.45. The third-order valence-corrected chi connectivity index (χ3v) is 3.16. The molecule has 1 aromatic carbocycles. The van der Waals surface area contributed by atoms with Crippen molar-refractivity contribution >= 4 is 5.91 Å². The number of carbonyl (C=O) groups excluding carboxylic acids is 1. The van der Waals surface area contributed by atoms with E-state index in [2.05, 4.69) is 5.18 Å². The summed E-state index contributed by atoms with van der Waals surface area (Å²) in [6.07, 6.45) is 0.890. The van der Waals surface area contributed by atoms with Gasteiger partial charge < -0.3 is 4.90 Å². The molecule has 2 rings (SSSR count). The second kappa shape index (κ2) is 4.04. The second-order valence-electron chi connectivity index (χ2n) is 4.24. The van der Waals surface area contributed by atoms with Gasteiger partial charge in [0.15, 0.2) is 0 Å². The summed E-state index contributed by atoms with van der Waals surface area (Å²) in [7, 11) is 1.71. The van der Waals surface area contributed by atoms with E-state index >= 15 is 0 Å². The molecule has 0 saturated carbocycles. The number of amides is 1. The highest BCUT2D eigenvalue weighted by Gasteiger charge is 2.40. The molecule has 0 bridgehead atoms. The second-order valence-corrected chi connectivity index (χ2v) is 4.24. The molecule has 0 aliphatic carbocycles. The first-order chi connectivity index (χ1) is 7.68. The first kappa shape index (κ1) is 10.8. The summed E-state index contributed by atoms with van der Waals surface area (Å²) in [6, 6.07) is 9.47. The van der Waals surface area contributed by atoms with Crippen LogP contribution in [-0.4, -0.2) is 24.4 Å². The number of likely N-dealkylation sites (N-methyl/N-ethyl adjacent to an activating group) is 1. The van der Waals surface area contributed by atoms with Gasteiger partial charge in [0.25, 0.3) is 0 Å². The SMILES string of the molecule is CN1CC(N=O)(c2ccccc2)CCC1=O. The Morgan fingerprint density at radius 3 is 2.56 bits per heavy atom. The third kappa shape index (κ3) is 1.71. The fourth-order valence-corrected chi connectivity index (χ4v) is 2.18. The fourth-order valence-electron chi connectivity index (χ4n) is 2.18. The Balaban J connectivity index is 2.34. The summed E-state index contributed by atoms with van der Waals surface area (Å²) < 4.78 is 0. The molecule has 1 aliphatic rings. The first-order valence-electron chi connectivity index (χ1n) is 5.32. The van der Waals surface area contributed by atoms with Crippen LogP contribution in [0.5, 0.6) is 0 Å². The van der Waals surface area contributed by atoms with Crippen LogP contribution in [0.15, 0.2) is 35.5 Å². The Hall–Kier alpha value is -1.71. The molecule has 0 spiro atoms.